The maximum Gasteiger partial charge on any atom is 0.273 e. The standard InChI is InChI=1S/C26H27N3O4/c1-19(21-9-4-3-5-10-21)29(16-20-8-6-11-22(14-20)31-2)17-25-28-24(18-33-25)26(30)27-15-23-12-7-13-32-23/h3-14,18-19H,15-17H2,1-2H3,(H,27,30). The van der Waals surface area contributed by atoms with Crippen LogP contribution in [0.1, 0.15) is 46.2 Å². The zero-order valence-corrected chi connectivity index (χ0v) is 18.7. The van der Waals surface area contributed by atoms with Crippen molar-refractivity contribution in [3.63, 3.8) is 0 Å². The highest BCUT2D eigenvalue weighted by Crippen LogP contribution is 2.25. The Morgan fingerprint density at radius 2 is 1.91 bits per heavy atom. The van der Waals surface area contributed by atoms with Crippen LogP contribution in [0.5, 0.6) is 5.75 Å². The molecule has 170 valence electrons. The van der Waals surface area contributed by atoms with Gasteiger partial charge in [0, 0.05) is 12.6 Å². The molecule has 1 unspecified atom stereocenters. The van der Waals surface area contributed by atoms with Gasteiger partial charge in [0.15, 0.2) is 5.69 Å². The summed E-state index contributed by atoms with van der Waals surface area (Å²) in [5, 5.41) is 2.79. The van der Waals surface area contributed by atoms with Gasteiger partial charge in [0.2, 0.25) is 5.89 Å². The molecule has 7 nitrogen and oxygen atoms in total. The summed E-state index contributed by atoms with van der Waals surface area (Å²) >= 11 is 0. The molecule has 1 atom stereocenters. The number of carbonyl (C=O) groups excluding carboxylic acids is 1. The Morgan fingerprint density at radius 1 is 1.06 bits per heavy atom. The molecule has 4 aromatic rings. The minimum Gasteiger partial charge on any atom is -0.497 e. The average Bonchev–Trinajstić information content (AvgIpc) is 3.55. The smallest absolute Gasteiger partial charge is 0.273 e. The number of amides is 1. The van der Waals surface area contributed by atoms with E-state index in [1.165, 1.54) is 11.8 Å². The Morgan fingerprint density at radius 3 is 2.67 bits per heavy atom. The van der Waals surface area contributed by atoms with Crippen LogP contribution in [0, 0.1) is 0 Å². The van der Waals surface area contributed by atoms with Gasteiger partial charge >= 0.3 is 0 Å². The number of aromatic nitrogens is 1. The van der Waals surface area contributed by atoms with Crippen molar-refractivity contribution in [1.82, 2.24) is 15.2 Å². The van der Waals surface area contributed by atoms with E-state index in [0.717, 1.165) is 11.3 Å². The summed E-state index contributed by atoms with van der Waals surface area (Å²) in [6, 6.07) is 21.9. The van der Waals surface area contributed by atoms with Crippen molar-refractivity contribution in [2.45, 2.75) is 32.6 Å². The van der Waals surface area contributed by atoms with Crippen LogP contribution in [0.4, 0.5) is 0 Å². The number of nitrogens with one attached hydrogen (secondary N) is 1. The van der Waals surface area contributed by atoms with E-state index in [9.17, 15) is 4.79 Å². The number of benzene rings is 2. The fourth-order valence-corrected chi connectivity index (χ4v) is 3.61. The van der Waals surface area contributed by atoms with Crippen LogP contribution in [0.3, 0.4) is 0 Å². The minimum atomic E-state index is -0.308. The van der Waals surface area contributed by atoms with Crippen molar-refractivity contribution < 1.29 is 18.4 Å². The number of furan rings is 1. The van der Waals surface area contributed by atoms with Crippen LogP contribution in [0.2, 0.25) is 0 Å². The molecule has 2 aromatic carbocycles. The van der Waals surface area contributed by atoms with Gasteiger partial charge in [-0.1, -0.05) is 42.5 Å². The van der Waals surface area contributed by atoms with E-state index in [1.54, 1.807) is 25.5 Å². The first-order chi connectivity index (χ1) is 16.1. The number of hydrogen-bond acceptors (Lipinski definition) is 6. The van der Waals surface area contributed by atoms with Crippen LogP contribution >= 0.6 is 0 Å². The third-order valence-electron chi connectivity index (χ3n) is 5.48. The number of nitrogens with zero attached hydrogens (tertiary/aromatic N) is 2. The highest BCUT2D eigenvalue weighted by atomic mass is 16.5. The highest BCUT2D eigenvalue weighted by molar-refractivity contribution is 5.91. The second-order valence-electron chi connectivity index (χ2n) is 7.73. The lowest BCUT2D eigenvalue weighted by Gasteiger charge is -2.28. The molecule has 33 heavy (non-hydrogen) atoms. The molecule has 0 aliphatic heterocycles. The van der Waals surface area contributed by atoms with Crippen LogP contribution in [-0.4, -0.2) is 22.9 Å². The monoisotopic (exact) mass is 445 g/mol. The maximum atomic E-state index is 12.5. The Balaban J connectivity index is 1.49. The Hall–Kier alpha value is -3.84. The van der Waals surface area contributed by atoms with Crippen molar-refractivity contribution in [2.24, 2.45) is 0 Å². The Kier molecular flexibility index (Phi) is 7.22. The van der Waals surface area contributed by atoms with Crippen LogP contribution < -0.4 is 10.1 Å². The van der Waals surface area contributed by atoms with E-state index in [4.69, 9.17) is 13.6 Å². The molecule has 0 aliphatic rings. The van der Waals surface area contributed by atoms with Gasteiger partial charge in [-0.2, -0.15) is 0 Å². The third kappa shape index (κ3) is 5.90. The molecule has 1 amide bonds. The zero-order chi connectivity index (χ0) is 23.0. The summed E-state index contributed by atoms with van der Waals surface area (Å²) in [5.74, 6) is 1.65. The van der Waals surface area contributed by atoms with Crippen LogP contribution in [0.25, 0.3) is 0 Å². The molecule has 4 rings (SSSR count). The van der Waals surface area contributed by atoms with Crippen molar-refractivity contribution in [3.8, 4) is 5.75 Å². The molecular formula is C26H27N3O4. The van der Waals surface area contributed by atoms with Crippen molar-refractivity contribution in [1.29, 1.82) is 0 Å². The fraction of sp³-hybridized carbons (Fsp3) is 0.231. The maximum absolute atomic E-state index is 12.5. The van der Waals surface area contributed by atoms with Crippen molar-refractivity contribution >= 4 is 5.91 Å². The number of ether oxygens (including phenoxy) is 1. The lowest BCUT2D eigenvalue weighted by molar-refractivity contribution is 0.0943. The second-order valence-corrected chi connectivity index (χ2v) is 7.73. The van der Waals surface area contributed by atoms with Gasteiger partial charge in [0.05, 0.1) is 26.5 Å². The van der Waals surface area contributed by atoms with Crippen molar-refractivity contribution in [3.05, 3.63) is 108 Å². The van der Waals surface area contributed by atoms with Crippen molar-refractivity contribution in [2.75, 3.05) is 7.11 Å². The summed E-state index contributed by atoms with van der Waals surface area (Å²) in [6.45, 7) is 3.55. The predicted molar refractivity (Wildman–Crippen MR) is 123 cm³/mol. The molecule has 0 saturated carbocycles. The molecule has 2 heterocycles. The molecule has 2 aromatic heterocycles. The SMILES string of the molecule is COc1cccc(CN(Cc2nc(C(=O)NCc3ccco3)co2)C(C)c2ccccc2)c1. The minimum absolute atomic E-state index is 0.0977. The molecule has 0 fully saturated rings. The number of oxazole rings is 1. The first-order valence-electron chi connectivity index (χ1n) is 10.8. The molecule has 0 aliphatic carbocycles. The van der Waals surface area contributed by atoms with Crippen LogP contribution in [-0.2, 0) is 19.6 Å². The summed E-state index contributed by atoms with van der Waals surface area (Å²) < 4.78 is 16.3. The number of hydrogen-bond donors (Lipinski definition) is 1. The van der Waals surface area contributed by atoms with Gasteiger partial charge in [-0.05, 0) is 42.3 Å². The fourth-order valence-electron chi connectivity index (χ4n) is 3.61. The molecule has 7 heteroatoms. The van der Waals surface area contributed by atoms with Gasteiger partial charge in [0.25, 0.3) is 5.91 Å². The van der Waals surface area contributed by atoms with Gasteiger partial charge < -0.3 is 18.9 Å². The van der Waals surface area contributed by atoms with Gasteiger partial charge in [-0.25, -0.2) is 4.98 Å². The van der Waals surface area contributed by atoms with E-state index in [-0.39, 0.29) is 17.6 Å². The molecule has 0 radical (unpaired) electrons. The normalized spacial score (nSPS) is 12.0. The van der Waals surface area contributed by atoms with E-state index in [1.807, 2.05) is 36.4 Å². The van der Waals surface area contributed by atoms with E-state index in [2.05, 4.69) is 40.3 Å². The highest BCUT2D eigenvalue weighted by Gasteiger charge is 2.20. The molecule has 0 spiro atoms. The van der Waals surface area contributed by atoms with Gasteiger partial charge in [-0.3, -0.25) is 9.69 Å². The molecule has 1 N–H and O–H groups in total. The lowest BCUT2D eigenvalue weighted by atomic mass is 10.1. The summed E-state index contributed by atoms with van der Waals surface area (Å²) in [5.41, 5.74) is 2.54. The third-order valence-corrected chi connectivity index (χ3v) is 5.48. The Labute approximate surface area is 193 Å². The number of methoxy groups -OCH3 is 1. The number of rotatable bonds is 10. The predicted octanol–water partition coefficient (Wildman–Crippen LogP) is 4.97. The summed E-state index contributed by atoms with van der Waals surface area (Å²) in [7, 11) is 1.66. The van der Waals surface area contributed by atoms with Gasteiger partial charge in [-0.15, -0.1) is 0 Å². The largest absolute Gasteiger partial charge is 0.497 e. The van der Waals surface area contributed by atoms with Gasteiger partial charge in [0.1, 0.15) is 17.8 Å². The topological polar surface area (TPSA) is 80.7 Å². The van der Waals surface area contributed by atoms with E-state index < -0.39 is 0 Å². The number of carbonyl (C=O) groups is 1. The zero-order valence-electron chi connectivity index (χ0n) is 18.7. The van der Waals surface area contributed by atoms with E-state index >= 15 is 0 Å². The second kappa shape index (κ2) is 10.7. The average molecular weight is 446 g/mol. The first kappa shape index (κ1) is 22.4. The van der Waals surface area contributed by atoms with Crippen LogP contribution in [0.15, 0.2) is 88.1 Å². The molecule has 0 bridgehead atoms. The molecule has 0 saturated heterocycles. The van der Waals surface area contributed by atoms with E-state index in [0.29, 0.717) is 31.3 Å². The Bertz CT molecular complexity index is 1160. The molecular weight excluding hydrogens is 418 g/mol. The summed E-state index contributed by atoms with van der Waals surface area (Å²) in [4.78, 5) is 19.1. The lowest BCUT2D eigenvalue weighted by Crippen LogP contribution is -2.27. The quantitative estimate of drug-likeness (QED) is 0.371. The first-order valence-corrected chi connectivity index (χ1v) is 10.8. The summed E-state index contributed by atoms with van der Waals surface area (Å²) in [6.07, 6.45) is 2.96.